The molecule has 1 aromatic carbocycles. The molecule has 2 heterocycles. The Labute approximate surface area is 141 Å². The van der Waals surface area contributed by atoms with Gasteiger partial charge in [-0.25, -0.2) is 27.0 Å². The molecular formula is C12H11N5O4S3. The van der Waals surface area contributed by atoms with Crippen LogP contribution in [0.3, 0.4) is 0 Å². The van der Waals surface area contributed by atoms with Crippen LogP contribution in [0.1, 0.15) is 0 Å². The smallest absolute Gasteiger partial charge is 0.262 e. The van der Waals surface area contributed by atoms with Crippen LogP contribution in [0.25, 0.3) is 10.7 Å². The summed E-state index contributed by atoms with van der Waals surface area (Å²) < 4.78 is 50.1. The van der Waals surface area contributed by atoms with E-state index >= 15 is 0 Å². The molecule has 0 aliphatic carbocycles. The van der Waals surface area contributed by atoms with Gasteiger partial charge in [0.1, 0.15) is 10.7 Å². The lowest BCUT2D eigenvalue weighted by molar-refractivity contribution is 0.597. The average molecular weight is 385 g/mol. The zero-order valence-electron chi connectivity index (χ0n) is 11.9. The van der Waals surface area contributed by atoms with Crippen molar-refractivity contribution in [3.8, 4) is 10.7 Å². The molecule has 0 unspecified atom stereocenters. The lowest BCUT2D eigenvalue weighted by Gasteiger charge is -2.08. The monoisotopic (exact) mass is 385 g/mol. The maximum atomic E-state index is 12.5. The molecule has 0 fully saturated rings. The third-order valence-corrected chi connectivity index (χ3v) is 6.04. The van der Waals surface area contributed by atoms with E-state index in [1.807, 2.05) is 0 Å². The van der Waals surface area contributed by atoms with Crippen molar-refractivity contribution in [2.75, 3.05) is 4.72 Å². The maximum Gasteiger partial charge on any atom is 0.262 e. The van der Waals surface area contributed by atoms with Crippen LogP contribution < -0.4 is 9.86 Å². The van der Waals surface area contributed by atoms with E-state index < -0.39 is 20.0 Å². The van der Waals surface area contributed by atoms with Gasteiger partial charge < -0.3 is 0 Å². The van der Waals surface area contributed by atoms with Gasteiger partial charge in [0.2, 0.25) is 10.0 Å². The largest absolute Gasteiger partial charge is 0.276 e. The van der Waals surface area contributed by atoms with Crippen LogP contribution in [0.4, 0.5) is 5.69 Å². The summed E-state index contributed by atoms with van der Waals surface area (Å²) >= 11 is 1.31. The number of sulfonamides is 2. The van der Waals surface area contributed by atoms with Gasteiger partial charge in [0, 0.05) is 11.6 Å². The number of rotatable bonds is 5. The van der Waals surface area contributed by atoms with Crippen LogP contribution in [0.15, 0.2) is 51.8 Å². The fourth-order valence-corrected chi connectivity index (χ4v) is 4.28. The molecule has 9 nitrogen and oxygen atoms in total. The first-order valence-electron chi connectivity index (χ1n) is 6.36. The van der Waals surface area contributed by atoms with E-state index in [4.69, 9.17) is 5.14 Å². The minimum Gasteiger partial charge on any atom is -0.276 e. The van der Waals surface area contributed by atoms with Gasteiger partial charge in [0.25, 0.3) is 10.0 Å². The highest BCUT2D eigenvalue weighted by Crippen LogP contribution is 2.29. The molecule has 3 rings (SSSR count). The zero-order chi connectivity index (χ0) is 17.4. The lowest BCUT2D eigenvalue weighted by atomic mass is 10.4. The number of H-pyrrole nitrogens is 1. The average Bonchev–Trinajstić information content (AvgIpc) is 3.17. The normalized spacial score (nSPS) is 12.2. The molecule has 0 atom stereocenters. The van der Waals surface area contributed by atoms with Crippen LogP contribution in [-0.4, -0.2) is 32.0 Å². The summed E-state index contributed by atoms with van der Waals surface area (Å²) in [5, 5.41) is 13.8. The van der Waals surface area contributed by atoms with E-state index in [0.717, 1.165) is 6.07 Å². The minimum atomic E-state index is -4.03. The number of anilines is 1. The molecule has 24 heavy (non-hydrogen) atoms. The molecule has 0 aliphatic rings. The SMILES string of the molecule is NS(=O)(=O)c1cccc(S(=O)(=O)Nc2cn[nH]c2-c2nccs2)c1. The second kappa shape index (κ2) is 5.98. The minimum absolute atomic E-state index is 0.200. The summed E-state index contributed by atoms with van der Waals surface area (Å²) in [6, 6.07) is 4.76. The van der Waals surface area contributed by atoms with E-state index in [1.54, 1.807) is 11.6 Å². The van der Waals surface area contributed by atoms with Gasteiger partial charge in [0.05, 0.1) is 21.7 Å². The van der Waals surface area contributed by atoms with Crippen LogP contribution in [0.2, 0.25) is 0 Å². The first kappa shape index (κ1) is 16.6. The third kappa shape index (κ3) is 3.31. The third-order valence-electron chi connectivity index (χ3n) is 2.97. The second-order valence-corrected chi connectivity index (χ2v) is 8.76. The van der Waals surface area contributed by atoms with Crippen molar-refractivity contribution in [3.63, 3.8) is 0 Å². The van der Waals surface area contributed by atoms with Crippen molar-refractivity contribution in [2.45, 2.75) is 9.79 Å². The highest BCUT2D eigenvalue weighted by atomic mass is 32.2. The van der Waals surface area contributed by atoms with Crippen molar-refractivity contribution < 1.29 is 16.8 Å². The van der Waals surface area contributed by atoms with Crippen molar-refractivity contribution in [2.24, 2.45) is 5.14 Å². The van der Waals surface area contributed by atoms with Crippen molar-refractivity contribution in [3.05, 3.63) is 42.0 Å². The molecule has 0 saturated heterocycles. The van der Waals surface area contributed by atoms with Crippen LogP contribution in [0.5, 0.6) is 0 Å². The van der Waals surface area contributed by atoms with E-state index in [9.17, 15) is 16.8 Å². The van der Waals surface area contributed by atoms with Crippen LogP contribution in [-0.2, 0) is 20.0 Å². The Morgan fingerprint density at radius 1 is 1.17 bits per heavy atom. The molecule has 0 amide bonds. The first-order valence-corrected chi connectivity index (χ1v) is 10.3. The Morgan fingerprint density at radius 2 is 1.92 bits per heavy atom. The number of nitrogens with zero attached hydrogens (tertiary/aromatic N) is 2. The Morgan fingerprint density at radius 3 is 2.58 bits per heavy atom. The number of hydrogen-bond donors (Lipinski definition) is 3. The molecule has 12 heteroatoms. The molecule has 2 aromatic heterocycles. The van der Waals surface area contributed by atoms with E-state index in [1.165, 1.54) is 35.7 Å². The van der Waals surface area contributed by atoms with E-state index in [2.05, 4.69) is 19.9 Å². The molecular weight excluding hydrogens is 374 g/mol. The number of thiazole rings is 1. The maximum absolute atomic E-state index is 12.5. The lowest BCUT2D eigenvalue weighted by Crippen LogP contribution is -2.16. The quantitative estimate of drug-likeness (QED) is 0.596. The van der Waals surface area contributed by atoms with Crippen molar-refractivity contribution >= 4 is 37.1 Å². The number of benzene rings is 1. The molecule has 0 aliphatic heterocycles. The number of primary sulfonamides is 1. The summed E-state index contributed by atoms with van der Waals surface area (Å²) in [5.74, 6) is 0. The summed E-state index contributed by atoms with van der Waals surface area (Å²) in [4.78, 5) is 3.56. The number of hydrogen-bond acceptors (Lipinski definition) is 7. The first-order chi connectivity index (χ1) is 11.3. The zero-order valence-corrected chi connectivity index (χ0v) is 14.3. The standard InChI is InChI=1S/C12H11N5O4S3/c13-23(18,19)8-2-1-3-9(6-8)24(20,21)17-10-7-15-16-11(10)12-14-4-5-22-12/h1-7,17H,(H,15,16)(H2,13,18,19). The molecule has 0 saturated carbocycles. The van der Waals surface area contributed by atoms with Gasteiger partial charge in [-0.3, -0.25) is 9.82 Å². The molecule has 4 N–H and O–H groups in total. The topological polar surface area (TPSA) is 148 Å². The molecule has 3 aromatic rings. The number of nitrogens with one attached hydrogen (secondary N) is 2. The van der Waals surface area contributed by atoms with Gasteiger partial charge in [-0.15, -0.1) is 11.3 Å². The molecule has 0 bridgehead atoms. The number of nitrogens with two attached hydrogens (primary N) is 1. The summed E-state index contributed by atoms with van der Waals surface area (Å²) in [5.41, 5.74) is 0.613. The van der Waals surface area contributed by atoms with Crippen LogP contribution >= 0.6 is 11.3 Å². The highest BCUT2D eigenvalue weighted by molar-refractivity contribution is 7.93. The number of aromatic amines is 1. The summed E-state index contributed by atoms with van der Waals surface area (Å²) in [6.07, 6.45) is 2.88. The van der Waals surface area contributed by atoms with E-state index in [-0.39, 0.29) is 15.5 Å². The van der Waals surface area contributed by atoms with Gasteiger partial charge in [-0.1, -0.05) is 6.07 Å². The fourth-order valence-electron chi connectivity index (χ4n) is 1.90. The van der Waals surface area contributed by atoms with Gasteiger partial charge >= 0.3 is 0 Å². The van der Waals surface area contributed by atoms with Gasteiger partial charge in [-0.05, 0) is 18.2 Å². The second-order valence-electron chi connectivity index (χ2n) is 4.62. The highest BCUT2D eigenvalue weighted by Gasteiger charge is 2.20. The number of aromatic nitrogens is 3. The van der Waals surface area contributed by atoms with Gasteiger partial charge in [0.15, 0.2) is 0 Å². The summed E-state index contributed by atoms with van der Waals surface area (Å²) in [6.45, 7) is 0. The van der Waals surface area contributed by atoms with Crippen molar-refractivity contribution in [1.29, 1.82) is 0 Å². The molecule has 0 spiro atoms. The Hall–Kier alpha value is -2.28. The predicted molar refractivity (Wildman–Crippen MR) is 88.3 cm³/mol. The predicted octanol–water partition coefficient (Wildman–Crippen LogP) is 0.981. The summed E-state index contributed by atoms with van der Waals surface area (Å²) in [7, 11) is -8.04. The Kier molecular flexibility index (Phi) is 4.13. The Balaban J connectivity index is 1.98. The van der Waals surface area contributed by atoms with Gasteiger partial charge in [-0.2, -0.15) is 5.10 Å². The van der Waals surface area contributed by atoms with Crippen LogP contribution in [0, 0.1) is 0 Å². The molecule has 126 valence electrons. The van der Waals surface area contributed by atoms with Crippen molar-refractivity contribution in [1.82, 2.24) is 15.2 Å². The van der Waals surface area contributed by atoms with E-state index in [0.29, 0.717) is 10.7 Å². The fraction of sp³-hybridized carbons (Fsp3) is 0. The molecule has 0 radical (unpaired) electrons. The Bertz CT molecular complexity index is 1070.